The van der Waals surface area contributed by atoms with Crippen molar-refractivity contribution in [3.63, 3.8) is 0 Å². The highest BCUT2D eigenvalue weighted by Crippen LogP contribution is 2.06. The average molecular weight is 188 g/mol. The highest BCUT2D eigenvalue weighted by atomic mass is 16.5. The summed E-state index contributed by atoms with van der Waals surface area (Å²) in [5.41, 5.74) is 2.33. The zero-order valence-electron chi connectivity index (χ0n) is 8.41. The quantitative estimate of drug-likeness (QED) is 0.491. The molecule has 0 saturated heterocycles. The van der Waals surface area contributed by atoms with Crippen LogP contribution in [0.3, 0.4) is 0 Å². The standard InChI is InChI=1S/C13H16O/c1-3-5-10-14-11-13-8-6-12(4-2)7-9-13/h3-4,6-9H,1-2,5,10-11H2. The molecule has 1 heteroatoms. The van der Waals surface area contributed by atoms with Crippen LogP contribution in [0.15, 0.2) is 43.5 Å². The first-order valence-electron chi connectivity index (χ1n) is 4.77. The minimum atomic E-state index is 0.672. The predicted octanol–water partition coefficient (Wildman–Crippen LogP) is 3.42. The van der Waals surface area contributed by atoms with Gasteiger partial charge in [-0.25, -0.2) is 0 Å². The minimum absolute atomic E-state index is 0.672. The van der Waals surface area contributed by atoms with Gasteiger partial charge in [-0.2, -0.15) is 0 Å². The van der Waals surface area contributed by atoms with Gasteiger partial charge in [-0.3, -0.25) is 0 Å². The van der Waals surface area contributed by atoms with Crippen molar-refractivity contribution in [1.29, 1.82) is 0 Å². The molecule has 1 rings (SSSR count). The highest BCUT2D eigenvalue weighted by Gasteiger charge is 1.92. The molecule has 0 unspecified atom stereocenters. The van der Waals surface area contributed by atoms with E-state index in [9.17, 15) is 0 Å². The second-order valence-electron chi connectivity index (χ2n) is 3.08. The van der Waals surface area contributed by atoms with Gasteiger partial charge in [0, 0.05) is 0 Å². The molecule has 0 aliphatic carbocycles. The summed E-state index contributed by atoms with van der Waals surface area (Å²) in [6.45, 7) is 8.76. The molecule has 0 amide bonds. The van der Waals surface area contributed by atoms with E-state index in [2.05, 4.69) is 25.3 Å². The van der Waals surface area contributed by atoms with Crippen molar-refractivity contribution in [3.05, 3.63) is 54.6 Å². The van der Waals surface area contributed by atoms with Gasteiger partial charge in [0.25, 0.3) is 0 Å². The van der Waals surface area contributed by atoms with Crippen LogP contribution in [0.25, 0.3) is 6.08 Å². The van der Waals surface area contributed by atoms with E-state index in [4.69, 9.17) is 4.74 Å². The normalized spacial score (nSPS) is 9.71. The van der Waals surface area contributed by atoms with Gasteiger partial charge >= 0.3 is 0 Å². The maximum absolute atomic E-state index is 5.44. The highest BCUT2D eigenvalue weighted by molar-refractivity contribution is 5.47. The van der Waals surface area contributed by atoms with Crippen molar-refractivity contribution < 1.29 is 4.74 Å². The first-order chi connectivity index (χ1) is 6.86. The van der Waals surface area contributed by atoms with E-state index < -0.39 is 0 Å². The first-order valence-corrected chi connectivity index (χ1v) is 4.77. The van der Waals surface area contributed by atoms with Crippen molar-refractivity contribution >= 4 is 6.08 Å². The van der Waals surface area contributed by atoms with Crippen molar-refractivity contribution in [2.24, 2.45) is 0 Å². The SMILES string of the molecule is C=CCCOCc1ccc(C=C)cc1. The van der Waals surface area contributed by atoms with Gasteiger partial charge in [0.1, 0.15) is 0 Å². The topological polar surface area (TPSA) is 9.23 Å². The second-order valence-corrected chi connectivity index (χ2v) is 3.08. The van der Waals surface area contributed by atoms with Gasteiger partial charge in [0.05, 0.1) is 13.2 Å². The Morgan fingerprint density at radius 1 is 1.14 bits per heavy atom. The zero-order valence-corrected chi connectivity index (χ0v) is 8.41. The minimum Gasteiger partial charge on any atom is -0.376 e. The second kappa shape index (κ2) is 6.17. The molecular weight excluding hydrogens is 172 g/mol. The lowest BCUT2D eigenvalue weighted by Gasteiger charge is -2.02. The molecule has 0 aliphatic heterocycles. The molecule has 1 aromatic rings. The lowest BCUT2D eigenvalue weighted by molar-refractivity contribution is 0.125. The molecule has 0 aliphatic rings. The number of hydrogen-bond acceptors (Lipinski definition) is 1. The van der Waals surface area contributed by atoms with Crippen molar-refractivity contribution in [3.8, 4) is 0 Å². The lowest BCUT2D eigenvalue weighted by Crippen LogP contribution is -1.93. The Bertz CT molecular complexity index is 285. The maximum atomic E-state index is 5.44. The van der Waals surface area contributed by atoms with Gasteiger partial charge in [-0.05, 0) is 17.5 Å². The van der Waals surface area contributed by atoms with E-state index in [-0.39, 0.29) is 0 Å². The average Bonchev–Trinajstić information content (AvgIpc) is 2.25. The van der Waals surface area contributed by atoms with Gasteiger partial charge in [0.15, 0.2) is 0 Å². The Morgan fingerprint density at radius 2 is 1.86 bits per heavy atom. The molecule has 1 aromatic carbocycles. The summed E-state index contributed by atoms with van der Waals surface area (Å²) >= 11 is 0. The van der Waals surface area contributed by atoms with E-state index in [0.29, 0.717) is 6.61 Å². The van der Waals surface area contributed by atoms with Crippen molar-refractivity contribution in [2.75, 3.05) is 6.61 Å². The number of hydrogen-bond donors (Lipinski definition) is 0. The fourth-order valence-electron chi connectivity index (χ4n) is 1.11. The molecule has 14 heavy (non-hydrogen) atoms. The predicted molar refractivity (Wildman–Crippen MR) is 61.0 cm³/mol. The number of benzene rings is 1. The van der Waals surface area contributed by atoms with Crippen molar-refractivity contribution in [2.45, 2.75) is 13.0 Å². The third-order valence-electron chi connectivity index (χ3n) is 1.95. The Hall–Kier alpha value is -1.34. The Kier molecular flexibility index (Phi) is 4.73. The third kappa shape index (κ3) is 3.58. The fraction of sp³-hybridized carbons (Fsp3) is 0.231. The third-order valence-corrected chi connectivity index (χ3v) is 1.95. The number of ether oxygens (including phenoxy) is 1. The molecule has 0 bridgehead atoms. The molecular formula is C13H16O. The van der Waals surface area contributed by atoms with Crippen LogP contribution in [0.5, 0.6) is 0 Å². The summed E-state index contributed by atoms with van der Waals surface area (Å²) in [5, 5.41) is 0. The summed E-state index contributed by atoms with van der Waals surface area (Å²) in [7, 11) is 0. The Morgan fingerprint density at radius 3 is 2.43 bits per heavy atom. The molecule has 0 saturated carbocycles. The zero-order chi connectivity index (χ0) is 10.2. The molecule has 0 spiro atoms. The summed E-state index contributed by atoms with van der Waals surface area (Å²) in [6.07, 6.45) is 4.61. The van der Waals surface area contributed by atoms with Crippen LogP contribution in [0.1, 0.15) is 17.5 Å². The summed E-state index contributed by atoms with van der Waals surface area (Å²) in [5.74, 6) is 0. The molecule has 0 fully saturated rings. The molecule has 0 radical (unpaired) electrons. The summed E-state index contributed by atoms with van der Waals surface area (Å²) in [4.78, 5) is 0. The Labute approximate surface area is 85.7 Å². The lowest BCUT2D eigenvalue weighted by atomic mass is 10.1. The molecule has 0 heterocycles. The van der Waals surface area contributed by atoms with E-state index in [1.807, 2.05) is 24.3 Å². The van der Waals surface area contributed by atoms with Crippen LogP contribution >= 0.6 is 0 Å². The largest absolute Gasteiger partial charge is 0.376 e. The fourth-order valence-corrected chi connectivity index (χ4v) is 1.11. The van der Waals surface area contributed by atoms with Crippen LogP contribution in [0, 0.1) is 0 Å². The van der Waals surface area contributed by atoms with E-state index in [1.54, 1.807) is 0 Å². The van der Waals surface area contributed by atoms with Gasteiger partial charge in [0.2, 0.25) is 0 Å². The van der Waals surface area contributed by atoms with Crippen LogP contribution in [0.2, 0.25) is 0 Å². The Balaban J connectivity index is 2.36. The smallest absolute Gasteiger partial charge is 0.0717 e. The molecule has 0 atom stereocenters. The van der Waals surface area contributed by atoms with E-state index in [1.165, 1.54) is 5.56 Å². The van der Waals surface area contributed by atoms with Gasteiger partial charge < -0.3 is 4.74 Å². The van der Waals surface area contributed by atoms with E-state index in [0.717, 1.165) is 18.6 Å². The summed E-state index contributed by atoms with van der Waals surface area (Å²) in [6, 6.07) is 8.20. The van der Waals surface area contributed by atoms with Crippen LogP contribution < -0.4 is 0 Å². The van der Waals surface area contributed by atoms with Crippen molar-refractivity contribution in [1.82, 2.24) is 0 Å². The molecule has 1 nitrogen and oxygen atoms in total. The van der Waals surface area contributed by atoms with Crippen LogP contribution in [0.4, 0.5) is 0 Å². The molecule has 0 aromatic heterocycles. The molecule has 74 valence electrons. The van der Waals surface area contributed by atoms with Crippen LogP contribution in [-0.2, 0) is 11.3 Å². The monoisotopic (exact) mass is 188 g/mol. The maximum Gasteiger partial charge on any atom is 0.0717 e. The summed E-state index contributed by atoms with van der Waals surface area (Å²) < 4.78 is 5.44. The van der Waals surface area contributed by atoms with Gasteiger partial charge in [-0.1, -0.05) is 43.0 Å². The van der Waals surface area contributed by atoms with Crippen LogP contribution in [-0.4, -0.2) is 6.61 Å². The number of rotatable bonds is 6. The molecule has 0 N–H and O–H groups in total. The first kappa shape index (κ1) is 10.7. The van der Waals surface area contributed by atoms with E-state index >= 15 is 0 Å². The van der Waals surface area contributed by atoms with Gasteiger partial charge in [-0.15, -0.1) is 6.58 Å².